The van der Waals surface area contributed by atoms with E-state index in [2.05, 4.69) is 10.3 Å². The van der Waals surface area contributed by atoms with Gasteiger partial charge in [0, 0.05) is 22.3 Å². The lowest BCUT2D eigenvalue weighted by atomic mass is 10.1. The number of hydrogen-bond acceptors (Lipinski definition) is 4. The summed E-state index contributed by atoms with van der Waals surface area (Å²) in [4.78, 5) is 30.1. The second-order valence-electron chi connectivity index (χ2n) is 6.95. The number of halogens is 1. The molecule has 0 saturated carbocycles. The molecular weight excluding hydrogens is 418 g/mol. The molecule has 7 nitrogen and oxygen atoms in total. The number of furan rings is 1. The van der Waals surface area contributed by atoms with Gasteiger partial charge in [-0.05, 0) is 53.9 Å². The molecule has 2 heterocycles. The van der Waals surface area contributed by atoms with Crippen LogP contribution in [0.15, 0.2) is 76.1 Å². The molecule has 0 aliphatic heterocycles. The molecule has 0 spiro atoms. The van der Waals surface area contributed by atoms with E-state index in [4.69, 9.17) is 20.8 Å². The van der Waals surface area contributed by atoms with Crippen LogP contribution in [-0.2, 0) is 13.1 Å². The minimum absolute atomic E-state index is 0.0877. The van der Waals surface area contributed by atoms with Crippen LogP contribution in [0, 0.1) is 0 Å². The minimum Gasteiger partial charge on any atom is -0.497 e. The van der Waals surface area contributed by atoms with Crippen molar-refractivity contribution in [2.75, 3.05) is 12.4 Å². The Labute approximate surface area is 183 Å². The zero-order valence-corrected chi connectivity index (χ0v) is 17.5. The van der Waals surface area contributed by atoms with Crippen molar-refractivity contribution in [3.8, 4) is 5.75 Å². The predicted molar refractivity (Wildman–Crippen MR) is 120 cm³/mol. The summed E-state index contributed by atoms with van der Waals surface area (Å²) in [5.41, 5.74) is 1.39. The summed E-state index contributed by atoms with van der Waals surface area (Å²) in [5, 5.41) is 4.17. The van der Waals surface area contributed by atoms with E-state index in [1.807, 2.05) is 12.1 Å². The van der Waals surface area contributed by atoms with E-state index in [9.17, 15) is 9.59 Å². The smallest absolute Gasteiger partial charge is 0.322 e. The number of fused-ring (bicyclic) bond motifs is 1. The molecule has 0 aliphatic rings. The van der Waals surface area contributed by atoms with Crippen LogP contribution in [0.4, 0.5) is 10.5 Å². The number of amides is 2. The molecule has 0 radical (unpaired) electrons. The van der Waals surface area contributed by atoms with Crippen molar-refractivity contribution in [2.45, 2.75) is 13.1 Å². The van der Waals surface area contributed by atoms with Gasteiger partial charge in [0.05, 0.1) is 32.0 Å². The highest BCUT2D eigenvalue weighted by Gasteiger charge is 2.18. The third kappa shape index (κ3) is 4.90. The molecule has 4 rings (SSSR count). The van der Waals surface area contributed by atoms with Gasteiger partial charge in [0.2, 0.25) is 0 Å². The van der Waals surface area contributed by atoms with Crippen LogP contribution in [0.3, 0.4) is 0 Å². The fraction of sp³-hybridized carbons (Fsp3) is 0.130. The molecular formula is C23H20ClN3O4. The number of hydrogen-bond donors (Lipinski definition) is 2. The summed E-state index contributed by atoms with van der Waals surface area (Å²) < 4.78 is 10.6. The first-order valence-corrected chi connectivity index (χ1v) is 9.93. The van der Waals surface area contributed by atoms with Gasteiger partial charge in [-0.25, -0.2) is 4.79 Å². The van der Waals surface area contributed by atoms with E-state index in [1.165, 1.54) is 4.90 Å². The molecule has 2 aromatic heterocycles. The topological polar surface area (TPSA) is 87.6 Å². The first-order chi connectivity index (χ1) is 15.0. The Morgan fingerprint density at radius 3 is 2.74 bits per heavy atom. The number of nitrogens with one attached hydrogen (secondary N) is 2. The Bertz CT molecular complexity index is 1270. The highest BCUT2D eigenvalue weighted by Crippen LogP contribution is 2.20. The standard InChI is InChI=1S/C23H20ClN3O4/c1-30-19-8-7-15-10-16(22(28)26-21(15)12-19)13-27(14-20-6-3-9-31-20)23(29)25-18-5-2-4-17(24)11-18/h2-12H,13-14H2,1H3,(H,25,29)(H,26,28). The van der Waals surface area contributed by atoms with Crippen molar-refractivity contribution < 1.29 is 13.9 Å². The Kier molecular flexibility index (Phi) is 5.95. The van der Waals surface area contributed by atoms with E-state index in [1.54, 1.807) is 61.9 Å². The van der Waals surface area contributed by atoms with Crippen LogP contribution in [0.1, 0.15) is 11.3 Å². The molecule has 31 heavy (non-hydrogen) atoms. The number of aromatic nitrogens is 1. The summed E-state index contributed by atoms with van der Waals surface area (Å²) >= 11 is 6.02. The molecule has 8 heteroatoms. The highest BCUT2D eigenvalue weighted by molar-refractivity contribution is 6.30. The van der Waals surface area contributed by atoms with Gasteiger partial charge in [-0.15, -0.1) is 0 Å². The molecule has 2 N–H and O–H groups in total. The van der Waals surface area contributed by atoms with Crippen molar-refractivity contribution in [2.24, 2.45) is 0 Å². The number of benzene rings is 2. The maximum atomic E-state index is 13.0. The molecule has 0 atom stereocenters. The van der Waals surface area contributed by atoms with E-state index in [0.717, 1.165) is 5.39 Å². The Morgan fingerprint density at radius 2 is 2.00 bits per heavy atom. The Hall–Kier alpha value is -3.71. The number of carbonyl (C=O) groups is 1. The molecule has 0 fully saturated rings. The average Bonchev–Trinajstić information content (AvgIpc) is 3.26. The molecule has 2 aromatic carbocycles. The van der Waals surface area contributed by atoms with Crippen LogP contribution in [0.5, 0.6) is 5.75 Å². The lowest BCUT2D eigenvalue weighted by Gasteiger charge is -2.22. The second-order valence-corrected chi connectivity index (χ2v) is 7.39. The summed E-state index contributed by atoms with van der Waals surface area (Å²) in [6.07, 6.45) is 1.54. The summed E-state index contributed by atoms with van der Waals surface area (Å²) in [6.45, 7) is 0.282. The maximum absolute atomic E-state index is 13.0. The summed E-state index contributed by atoms with van der Waals surface area (Å²) in [5.74, 6) is 1.25. The second kappa shape index (κ2) is 8.97. The van der Waals surface area contributed by atoms with E-state index in [0.29, 0.717) is 33.3 Å². The van der Waals surface area contributed by atoms with Crippen LogP contribution in [0.25, 0.3) is 10.9 Å². The minimum atomic E-state index is -0.382. The number of rotatable bonds is 6. The third-order valence-electron chi connectivity index (χ3n) is 4.78. The molecule has 158 valence electrons. The van der Waals surface area contributed by atoms with Gasteiger partial charge < -0.3 is 24.4 Å². The highest BCUT2D eigenvalue weighted by atomic mass is 35.5. The van der Waals surface area contributed by atoms with Crippen molar-refractivity contribution in [3.05, 3.63) is 93.6 Å². The first-order valence-electron chi connectivity index (χ1n) is 9.55. The molecule has 0 aliphatic carbocycles. The SMILES string of the molecule is COc1ccc2cc(CN(Cc3ccco3)C(=O)Nc3cccc(Cl)c3)c(=O)[nH]c2c1. The number of ether oxygens (including phenoxy) is 1. The average molecular weight is 438 g/mol. The molecule has 4 aromatic rings. The van der Waals surface area contributed by atoms with Crippen molar-refractivity contribution in [3.63, 3.8) is 0 Å². The van der Waals surface area contributed by atoms with Crippen LogP contribution >= 0.6 is 11.6 Å². The van der Waals surface area contributed by atoms with Crippen molar-refractivity contribution in [1.29, 1.82) is 0 Å². The summed E-state index contributed by atoms with van der Waals surface area (Å²) in [6, 6.07) is 17.2. The van der Waals surface area contributed by atoms with E-state index >= 15 is 0 Å². The predicted octanol–water partition coefficient (Wildman–Crippen LogP) is 5.02. The molecule has 2 amide bonds. The number of nitrogens with zero attached hydrogens (tertiary/aromatic N) is 1. The monoisotopic (exact) mass is 437 g/mol. The van der Waals surface area contributed by atoms with Gasteiger partial charge in [0.15, 0.2) is 0 Å². The zero-order chi connectivity index (χ0) is 21.8. The number of urea groups is 1. The Balaban J connectivity index is 1.63. The fourth-order valence-electron chi connectivity index (χ4n) is 3.23. The van der Waals surface area contributed by atoms with E-state index in [-0.39, 0.29) is 24.7 Å². The quantitative estimate of drug-likeness (QED) is 0.443. The van der Waals surface area contributed by atoms with Gasteiger partial charge >= 0.3 is 6.03 Å². The van der Waals surface area contributed by atoms with Gasteiger partial charge in [-0.2, -0.15) is 0 Å². The lowest BCUT2D eigenvalue weighted by molar-refractivity contribution is 0.201. The number of aromatic amines is 1. The van der Waals surface area contributed by atoms with Gasteiger partial charge in [0.1, 0.15) is 11.5 Å². The van der Waals surface area contributed by atoms with Crippen LogP contribution in [0.2, 0.25) is 5.02 Å². The fourth-order valence-corrected chi connectivity index (χ4v) is 3.42. The number of methoxy groups -OCH3 is 1. The molecule has 0 saturated heterocycles. The van der Waals surface area contributed by atoms with Gasteiger partial charge in [-0.3, -0.25) is 4.79 Å². The molecule has 0 unspecified atom stereocenters. The molecule has 0 bridgehead atoms. The number of anilines is 1. The maximum Gasteiger partial charge on any atom is 0.322 e. The van der Waals surface area contributed by atoms with Crippen LogP contribution in [-0.4, -0.2) is 23.0 Å². The lowest BCUT2D eigenvalue weighted by Crippen LogP contribution is -2.35. The number of carbonyl (C=O) groups excluding carboxylic acids is 1. The van der Waals surface area contributed by atoms with E-state index < -0.39 is 0 Å². The van der Waals surface area contributed by atoms with Crippen LogP contribution < -0.4 is 15.6 Å². The third-order valence-corrected chi connectivity index (χ3v) is 5.02. The summed E-state index contributed by atoms with van der Waals surface area (Å²) in [7, 11) is 1.57. The van der Waals surface area contributed by atoms with Gasteiger partial charge in [0.25, 0.3) is 5.56 Å². The largest absolute Gasteiger partial charge is 0.497 e. The number of pyridine rings is 1. The van der Waals surface area contributed by atoms with Crippen molar-refractivity contribution in [1.82, 2.24) is 9.88 Å². The Morgan fingerprint density at radius 1 is 1.13 bits per heavy atom. The van der Waals surface area contributed by atoms with Crippen molar-refractivity contribution >= 4 is 34.2 Å². The van der Waals surface area contributed by atoms with Gasteiger partial charge in [-0.1, -0.05) is 17.7 Å². The number of H-pyrrole nitrogens is 1. The zero-order valence-electron chi connectivity index (χ0n) is 16.7. The first kappa shape index (κ1) is 20.6. The normalized spacial score (nSPS) is 10.8.